The molecule has 3 heteroatoms. The number of carbonyl (C=O) groups excluding carboxylic acids is 1. The van der Waals surface area contributed by atoms with Gasteiger partial charge in [-0.3, -0.25) is 4.79 Å². The van der Waals surface area contributed by atoms with Gasteiger partial charge in [-0.25, -0.2) is 4.39 Å². The van der Waals surface area contributed by atoms with Crippen molar-refractivity contribution in [2.75, 3.05) is 5.32 Å². The van der Waals surface area contributed by atoms with Crippen LogP contribution in [0.1, 0.15) is 38.2 Å². The van der Waals surface area contributed by atoms with E-state index in [0.717, 1.165) is 24.8 Å². The van der Waals surface area contributed by atoms with Crippen LogP contribution in [0.15, 0.2) is 18.2 Å². The number of rotatable bonds is 5. The SMILES string of the molecule is CCCCCC(=O)Nc1cc(F)ccc1C. The van der Waals surface area contributed by atoms with Gasteiger partial charge in [0.1, 0.15) is 5.82 Å². The lowest BCUT2D eigenvalue weighted by Gasteiger charge is -2.08. The first kappa shape index (κ1) is 12.7. The Hall–Kier alpha value is -1.38. The Morgan fingerprint density at radius 3 is 2.81 bits per heavy atom. The standard InChI is InChI=1S/C13H18FNO/c1-3-4-5-6-13(16)15-12-9-11(14)8-7-10(12)2/h7-9H,3-6H2,1-2H3,(H,15,16). The molecule has 0 atom stereocenters. The third-order valence-electron chi connectivity index (χ3n) is 2.48. The monoisotopic (exact) mass is 223 g/mol. The third kappa shape index (κ3) is 4.01. The zero-order valence-corrected chi connectivity index (χ0v) is 9.85. The highest BCUT2D eigenvalue weighted by atomic mass is 19.1. The highest BCUT2D eigenvalue weighted by molar-refractivity contribution is 5.91. The van der Waals surface area contributed by atoms with E-state index in [1.54, 1.807) is 6.07 Å². The highest BCUT2D eigenvalue weighted by Gasteiger charge is 2.05. The molecular formula is C13H18FNO. The molecule has 1 amide bonds. The quantitative estimate of drug-likeness (QED) is 0.758. The maximum Gasteiger partial charge on any atom is 0.224 e. The lowest BCUT2D eigenvalue weighted by Crippen LogP contribution is -2.12. The van der Waals surface area contributed by atoms with Gasteiger partial charge < -0.3 is 5.32 Å². The van der Waals surface area contributed by atoms with Crippen molar-refractivity contribution >= 4 is 11.6 Å². The van der Waals surface area contributed by atoms with E-state index in [2.05, 4.69) is 12.2 Å². The molecule has 0 unspecified atom stereocenters. The van der Waals surface area contributed by atoms with E-state index in [-0.39, 0.29) is 11.7 Å². The summed E-state index contributed by atoms with van der Waals surface area (Å²) in [6, 6.07) is 4.41. The summed E-state index contributed by atoms with van der Waals surface area (Å²) < 4.78 is 13.0. The number of hydrogen-bond donors (Lipinski definition) is 1. The summed E-state index contributed by atoms with van der Waals surface area (Å²) >= 11 is 0. The van der Waals surface area contributed by atoms with Gasteiger partial charge in [0, 0.05) is 12.1 Å². The molecule has 1 aromatic rings. The second kappa shape index (κ2) is 6.26. The molecule has 0 fully saturated rings. The number of hydrogen-bond acceptors (Lipinski definition) is 1. The molecule has 0 bridgehead atoms. The van der Waals surface area contributed by atoms with Gasteiger partial charge in [-0.1, -0.05) is 25.8 Å². The van der Waals surface area contributed by atoms with Crippen molar-refractivity contribution in [1.82, 2.24) is 0 Å². The lowest BCUT2D eigenvalue weighted by atomic mass is 10.1. The van der Waals surface area contributed by atoms with Gasteiger partial charge >= 0.3 is 0 Å². The number of anilines is 1. The molecule has 16 heavy (non-hydrogen) atoms. The minimum atomic E-state index is -0.325. The first-order chi connectivity index (χ1) is 7.63. The highest BCUT2D eigenvalue weighted by Crippen LogP contribution is 2.16. The first-order valence-electron chi connectivity index (χ1n) is 5.69. The van der Waals surface area contributed by atoms with Crippen molar-refractivity contribution < 1.29 is 9.18 Å². The van der Waals surface area contributed by atoms with Crippen molar-refractivity contribution in [2.24, 2.45) is 0 Å². The van der Waals surface area contributed by atoms with Crippen molar-refractivity contribution in [1.29, 1.82) is 0 Å². The second-order valence-electron chi connectivity index (χ2n) is 3.96. The van der Waals surface area contributed by atoms with Crippen molar-refractivity contribution in [2.45, 2.75) is 39.5 Å². The second-order valence-corrected chi connectivity index (χ2v) is 3.96. The minimum absolute atomic E-state index is 0.0397. The van der Waals surface area contributed by atoms with E-state index in [4.69, 9.17) is 0 Å². The summed E-state index contributed by atoms with van der Waals surface area (Å²) in [6.07, 6.45) is 3.53. The summed E-state index contributed by atoms with van der Waals surface area (Å²) in [7, 11) is 0. The van der Waals surface area contributed by atoms with Crippen LogP contribution >= 0.6 is 0 Å². The summed E-state index contributed by atoms with van der Waals surface area (Å²) in [5.74, 6) is -0.364. The molecule has 1 aromatic carbocycles. The van der Waals surface area contributed by atoms with Gasteiger partial charge in [-0.2, -0.15) is 0 Å². The molecule has 0 aliphatic carbocycles. The number of carbonyl (C=O) groups is 1. The van der Waals surface area contributed by atoms with Crippen LogP contribution in [0.4, 0.5) is 10.1 Å². The number of nitrogens with one attached hydrogen (secondary N) is 1. The van der Waals surface area contributed by atoms with Crippen LogP contribution < -0.4 is 5.32 Å². The van der Waals surface area contributed by atoms with Gasteiger partial charge in [0.15, 0.2) is 0 Å². The minimum Gasteiger partial charge on any atom is -0.326 e. The first-order valence-corrected chi connectivity index (χ1v) is 5.69. The smallest absolute Gasteiger partial charge is 0.224 e. The molecule has 2 nitrogen and oxygen atoms in total. The fraction of sp³-hybridized carbons (Fsp3) is 0.462. The Morgan fingerprint density at radius 1 is 1.38 bits per heavy atom. The van der Waals surface area contributed by atoms with E-state index >= 15 is 0 Å². The van der Waals surface area contributed by atoms with Gasteiger partial charge in [0.05, 0.1) is 0 Å². The third-order valence-corrected chi connectivity index (χ3v) is 2.48. The van der Waals surface area contributed by atoms with Gasteiger partial charge in [0.25, 0.3) is 0 Å². The largest absolute Gasteiger partial charge is 0.326 e. The number of amides is 1. The number of halogens is 1. The fourth-order valence-electron chi connectivity index (χ4n) is 1.48. The maximum atomic E-state index is 13.0. The molecule has 0 spiro atoms. The van der Waals surface area contributed by atoms with Crippen LogP contribution in [0.25, 0.3) is 0 Å². The molecule has 0 aromatic heterocycles. The average molecular weight is 223 g/mol. The van der Waals surface area contributed by atoms with Crippen LogP contribution in [0, 0.1) is 12.7 Å². The van der Waals surface area contributed by atoms with E-state index < -0.39 is 0 Å². The molecule has 0 heterocycles. The van der Waals surface area contributed by atoms with Crippen LogP contribution in [-0.2, 0) is 4.79 Å². The molecule has 88 valence electrons. The molecule has 0 aliphatic rings. The molecule has 1 rings (SSSR count). The van der Waals surface area contributed by atoms with Gasteiger partial charge in [0.2, 0.25) is 5.91 Å². The Kier molecular flexibility index (Phi) is 4.96. The zero-order chi connectivity index (χ0) is 12.0. The zero-order valence-electron chi connectivity index (χ0n) is 9.85. The van der Waals surface area contributed by atoms with E-state index in [0.29, 0.717) is 12.1 Å². The normalized spacial score (nSPS) is 10.2. The van der Waals surface area contributed by atoms with Gasteiger partial charge in [-0.15, -0.1) is 0 Å². The Bertz CT molecular complexity index is 363. The van der Waals surface area contributed by atoms with E-state index in [1.807, 2.05) is 6.92 Å². The number of aryl methyl sites for hydroxylation is 1. The van der Waals surface area contributed by atoms with Crippen molar-refractivity contribution in [3.63, 3.8) is 0 Å². The van der Waals surface area contributed by atoms with E-state index in [1.165, 1.54) is 12.1 Å². The average Bonchev–Trinajstić information content (AvgIpc) is 2.24. The predicted molar refractivity (Wildman–Crippen MR) is 63.9 cm³/mol. The summed E-state index contributed by atoms with van der Waals surface area (Å²) in [5.41, 5.74) is 1.45. The van der Waals surface area contributed by atoms with Crippen molar-refractivity contribution in [3.8, 4) is 0 Å². The van der Waals surface area contributed by atoms with E-state index in [9.17, 15) is 9.18 Å². The Labute approximate surface area is 95.9 Å². The lowest BCUT2D eigenvalue weighted by molar-refractivity contribution is -0.116. The van der Waals surface area contributed by atoms with Crippen LogP contribution in [0.3, 0.4) is 0 Å². The summed E-state index contributed by atoms with van der Waals surface area (Å²) in [4.78, 5) is 11.5. The molecule has 1 N–H and O–H groups in total. The number of unbranched alkanes of at least 4 members (excludes halogenated alkanes) is 2. The van der Waals surface area contributed by atoms with Crippen LogP contribution in [-0.4, -0.2) is 5.91 Å². The van der Waals surface area contributed by atoms with Gasteiger partial charge in [-0.05, 0) is 31.0 Å². The summed E-state index contributed by atoms with van der Waals surface area (Å²) in [5, 5.41) is 2.73. The molecule has 0 aliphatic heterocycles. The molecular weight excluding hydrogens is 205 g/mol. The Morgan fingerprint density at radius 2 is 2.12 bits per heavy atom. The predicted octanol–water partition coefficient (Wildman–Crippen LogP) is 3.65. The summed E-state index contributed by atoms with van der Waals surface area (Å²) in [6.45, 7) is 3.94. The molecule has 0 radical (unpaired) electrons. The number of benzene rings is 1. The van der Waals surface area contributed by atoms with Crippen LogP contribution in [0.5, 0.6) is 0 Å². The molecule has 0 saturated heterocycles. The topological polar surface area (TPSA) is 29.1 Å². The molecule has 0 saturated carbocycles. The van der Waals surface area contributed by atoms with Crippen molar-refractivity contribution in [3.05, 3.63) is 29.6 Å². The van der Waals surface area contributed by atoms with Crippen LogP contribution in [0.2, 0.25) is 0 Å². The fourth-order valence-corrected chi connectivity index (χ4v) is 1.48. The maximum absolute atomic E-state index is 13.0. The Balaban J connectivity index is 2.52.